The number of nitrogens with one attached hydrogen (secondary N) is 1. The Morgan fingerprint density at radius 1 is 1.55 bits per heavy atom. The lowest BCUT2D eigenvalue weighted by atomic mass is 10.2. The van der Waals surface area contributed by atoms with Gasteiger partial charge >= 0.3 is 0 Å². The van der Waals surface area contributed by atoms with Crippen molar-refractivity contribution in [1.29, 1.82) is 0 Å². The molecule has 60 valence electrons. The molecule has 0 bridgehead atoms. The summed E-state index contributed by atoms with van der Waals surface area (Å²) >= 11 is 3.03. The van der Waals surface area contributed by atoms with Crippen LogP contribution in [-0.2, 0) is 0 Å². The first-order valence-corrected chi connectivity index (χ1v) is 3.87. The lowest BCUT2D eigenvalue weighted by Gasteiger charge is -2.05. The Morgan fingerprint density at radius 2 is 2.18 bits per heavy atom. The van der Waals surface area contributed by atoms with E-state index in [4.69, 9.17) is 5.73 Å². The quantitative estimate of drug-likeness (QED) is 0.710. The zero-order valence-electron chi connectivity index (χ0n) is 5.99. The molecular weight excluding hydrogens is 211 g/mol. The Bertz CT molecular complexity index is 275. The molecule has 0 aromatic heterocycles. The van der Waals surface area contributed by atoms with Crippen molar-refractivity contribution in [2.75, 3.05) is 18.1 Å². The second-order valence-electron chi connectivity index (χ2n) is 2.07. The van der Waals surface area contributed by atoms with Gasteiger partial charge in [-0.05, 0) is 28.1 Å². The van der Waals surface area contributed by atoms with Crippen molar-refractivity contribution in [2.24, 2.45) is 0 Å². The van der Waals surface area contributed by atoms with Crippen LogP contribution in [-0.4, -0.2) is 7.05 Å². The van der Waals surface area contributed by atoms with Crippen molar-refractivity contribution < 1.29 is 4.39 Å². The molecule has 0 saturated carbocycles. The lowest BCUT2D eigenvalue weighted by Crippen LogP contribution is -1.98. The molecule has 1 rings (SSSR count). The Balaban J connectivity index is 3.25. The van der Waals surface area contributed by atoms with E-state index >= 15 is 0 Å². The van der Waals surface area contributed by atoms with Crippen LogP contribution in [0, 0.1) is 5.82 Å². The van der Waals surface area contributed by atoms with Crippen LogP contribution >= 0.6 is 15.9 Å². The van der Waals surface area contributed by atoms with Gasteiger partial charge in [0.15, 0.2) is 5.82 Å². The van der Waals surface area contributed by atoms with Crippen LogP contribution in [0.15, 0.2) is 16.6 Å². The van der Waals surface area contributed by atoms with E-state index in [1.807, 2.05) is 0 Å². The summed E-state index contributed by atoms with van der Waals surface area (Å²) in [5.74, 6) is -0.420. The van der Waals surface area contributed by atoms with Gasteiger partial charge in [-0.3, -0.25) is 0 Å². The predicted octanol–water partition coefficient (Wildman–Crippen LogP) is 2.21. The Hall–Kier alpha value is -0.770. The van der Waals surface area contributed by atoms with Crippen LogP contribution in [0.4, 0.5) is 15.8 Å². The fourth-order valence-electron chi connectivity index (χ4n) is 0.784. The number of nitrogens with two attached hydrogens (primary N) is 1. The molecule has 1 aromatic rings. The minimum absolute atomic E-state index is 0.141. The average Bonchev–Trinajstić information content (AvgIpc) is 2.01. The highest BCUT2D eigenvalue weighted by molar-refractivity contribution is 9.10. The molecule has 4 heteroatoms. The monoisotopic (exact) mass is 218 g/mol. The van der Waals surface area contributed by atoms with Crippen molar-refractivity contribution in [2.45, 2.75) is 0 Å². The maximum atomic E-state index is 13.0. The number of nitrogen functional groups attached to an aromatic ring is 1. The van der Waals surface area contributed by atoms with E-state index in [1.54, 1.807) is 19.2 Å². The van der Waals surface area contributed by atoms with E-state index in [0.717, 1.165) is 0 Å². The van der Waals surface area contributed by atoms with E-state index in [1.165, 1.54) is 0 Å². The molecular formula is C7H8BrFN2. The van der Waals surface area contributed by atoms with Crippen LogP contribution in [0.2, 0.25) is 0 Å². The molecule has 0 amide bonds. The molecule has 0 fully saturated rings. The van der Waals surface area contributed by atoms with Gasteiger partial charge in [0.05, 0.1) is 15.8 Å². The summed E-state index contributed by atoms with van der Waals surface area (Å²) in [6, 6.07) is 3.32. The van der Waals surface area contributed by atoms with Crippen molar-refractivity contribution in [3.8, 4) is 0 Å². The third-order valence-corrected chi connectivity index (χ3v) is 2.01. The standard InChI is InChI=1S/C7H8BrFN2/c1-11-5-3-2-4(8)6(9)7(5)10/h2-3,11H,10H2,1H3. The normalized spacial score (nSPS) is 9.73. The van der Waals surface area contributed by atoms with Crippen LogP contribution < -0.4 is 11.1 Å². The van der Waals surface area contributed by atoms with E-state index in [0.29, 0.717) is 10.2 Å². The second kappa shape index (κ2) is 3.09. The van der Waals surface area contributed by atoms with Crippen molar-refractivity contribution in [3.05, 3.63) is 22.4 Å². The summed E-state index contributed by atoms with van der Waals surface area (Å²) in [4.78, 5) is 0. The van der Waals surface area contributed by atoms with Crippen molar-refractivity contribution in [3.63, 3.8) is 0 Å². The molecule has 1 aromatic carbocycles. The molecule has 0 radical (unpaired) electrons. The van der Waals surface area contributed by atoms with Gasteiger partial charge < -0.3 is 11.1 Å². The smallest absolute Gasteiger partial charge is 0.162 e. The average molecular weight is 219 g/mol. The van der Waals surface area contributed by atoms with Crippen LogP contribution in [0.3, 0.4) is 0 Å². The van der Waals surface area contributed by atoms with Gasteiger partial charge in [0.2, 0.25) is 0 Å². The highest BCUT2D eigenvalue weighted by Crippen LogP contribution is 2.27. The zero-order chi connectivity index (χ0) is 8.43. The number of rotatable bonds is 1. The Labute approximate surface area is 72.7 Å². The summed E-state index contributed by atoms with van der Waals surface area (Å²) < 4.78 is 13.3. The largest absolute Gasteiger partial charge is 0.395 e. The summed E-state index contributed by atoms with van der Waals surface area (Å²) in [6.07, 6.45) is 0. The third-order valence-electron chi connectivity index (χ3n) is 1.40. The van der Waals surface area contributed by atoms with Gasteiger partial charge in [-0.15, -0.1) is 0 Å². The molecule has 3 N–H and O–H groups in total. The summed E-state index contributed by atoms with van der Waals surface area (Å²) in [5, 5.41) is 2.78. The third kappa shape index (κ3) is 1.45. The highest BCUT2D eigenvalue weighted by atomic mass is 79.9. The first-order valence-electron chi connectivity index (χ1n) is 3.08. The maximum Gasteiger partial charge on any atom is 0.162 e. The molecule has 0 aliphatic carbocycles. The number of hydrogen-bond acceptors (Lipinski definition) is 2. The number of hydrogen-bond donors (Lipinski definition) is 2. The first-order chi connectivity index (χ1) is 5.16. The number of halogens is 2. The van der Waals surface area contributed by atoms with Gasteiger partial charge in [0.25, 0.3) is 0 Å². The number of benzene rings is 1. The first kappa shape index (κ1) is 8.33. The maximum absolute atomic E-state index is 13.0. The Morgan fingerprint density at radius 3 is 2.73 bits per heavy atom. The minimum Gasteiger partial charge on any atom is -0.395 e. The molecule has 0 aliphatic heterocycles. The van der Waals surface area contributed by atoms with Gasteiger partial charge in [0.1, 0.15) is 0 Å². The van der Waals surface area contributed by atoms with E-state index in [9.17, 15) is 4.39 Å². The molecule has 0 atom stereocenters. The Kier molecular flexibility index (Phi) is 2.34. The predicted molar refractivity (Wildman–Crippen MR) is 48.1 cm³/mol. The summed E-state index contributed by atoms with van der Waals surface area (Å²) in [6.45, 7) is 0. The van der Waals surface area contributed by atoms with Gasteiger partial charge in [-0.1, -0.05) is 0 Å². The molecule has 2 nitrogen and oxygen atoms in total. The zero-order valence-corrected chi connectivity index (χ0v) is 7.57. The van der Waals surface area contributed by atoms with Crippen LogP contribution in [0.5, 0.6) is 0 Å². The SMILES string of the molecule is CNc1ccc(Br)c(F)c1N. The molecule has 0 aliphatic rings. The second-order valence-corrected chi connectivity index (χ2v) is 2.93. The van der Waals surface area contributed by atoms with Crippen LogP contribution in [0.1, 0.15) is 0 Å². The van der Waals surface area contributed by atoms with Gasteiger partial charge in [0, 0.05) is 7.05 Å². The van der Waals surface area contributed by atoms with Gasteiger partial charge in [-0.25, -0.2) is 4.39 Å². The molecule has 0 unspecified atom stereocenters. The fraction of sp³-hybridized carbons (Fsp3) is 0.143. The topological polar surface area (TPSA) is 38.0 Å². The van der Waals surface area contributed by atoms with E-state index in [2.05, 4.69) is 21.2 Å². The summed E-state index contributed by atoms with van der Waals surface area (Å²) in [5.41, 5.74) is 6.17. The molecule has 0 heterocycles. The van der Waals surface area contributed by atoms with E-state index in [-0.39, 0.29) is 5.69 Å². The highest BCUT2D eigenvalue weighted by Gasteiger charge is 2.06. The van der Waals surface area contributed by atoms with Crippen molar-refractivity contribution >= 4 is 27.3 Å². The summed E-state index contributed by atoms with van der Waals surface area (Å²) in [7, 11) is 1.69. The number of anilines is 2. The molecule has 0 saturated heterocycles. The van der Waals surface area contributed by atoms with Crippen molar-refractivity contribution in [1.82, 2.24) is 0 Å². The lowest BCUT2D eigenvalue weighted by molar-refractivity contribution is 0.626. The minimum atomic E-state index is -0.420. The molecule has 11 heavy (non-hydrogen) atoms. The van der Waals surface area contributed by atoms with Gasteiger partial charge in [-0.2, -0.15) is 0 Å². The van der Waals surface area contributed by atoms with E-state index < -0.39 is 5.82 Å². The van der Waals surface area contributed by atoms with Crippen LogP contribution in [0.25, 0.3) is 0 Å². The fourth-order valence-corrected chi connectivity index (χ4v) is 1.13. The molecule has 0 spiro atoms.